The van der Waals surface area contributed by atoms with Crippen LogP contribution in [0, 0.1) is 11.6 Å². The topological polar surface area (TPSA) is 83.9 Å². The number of carbonyl (C=O) groups is 1. The molecule has 0 radical (unpaired) electrons. The van der Waals surface area contributed by atoms with Crippen LogP contribution >= 0.6 is 0 Å². The molecular weight excluding hydrogens is 370 g/mol. The molecule has 1 amide bonds. The van der Waals surface area contributed by atoms with Crippen LogP contribution in [0.4, 0.5) is 8.78 Å². The number of amides is 1. The Morgan fingerprint density at radius 3 is 2.11 bits per heavy atom. The molecule has 2 aromatic carbocycles. The molecule has 1 aliphatic heterocycles. The summed E-state index contributed by atoms with van der Waals surface area (Å²) in [6, 6.07) is 7.57. The average molecular weight is 384 g/mol. The standard InChI is InChI=1S/C20H14F2N2O4/c1-27-13-5-3-9(21)7-11(13)17-15-16(20(26)23-17)18(24-19(15)25)12-8-10(22)4-6-14(12)28-2/h3-8,23,26H,1-2H3. The molecule has 1 aromatic heterocycles. The van der Waals surface area contributed by atoms with Crippen LogP contribution in [0.1, 0.15) is 21.5 Å². The van der Waals surface area contributed by atoms with Gasteiger partial charge in [-0.05, 0) is 36.4 Å². The number of halogens is 2. The van der Waals surface area contributed by atoms with Gasteiger partial charge in [0, 0.05) is 11.1 Å². The summed E-state index contributed by atoms with van der Waals surface area (Å²) >= 11 is 0. The van der Waals surface area contributed by atoms with Gasteiger partial charge >= 0.3 is 0 Å². The number of nitrogens with zero attached hydrogens (tertiary/aromatic N) is 1. The van der Waals surface area contributed by atoms with E-state index in [1.807, 2.05) is 0 Å². The first kappa shape index (κ1) is 17.7. The Morgan fingerprint density at radius 1 is 0.929 bits per heavy atom. The minimum atomic E-state index is -0.658. The van der Waals surface area contributed by atoms with Crippen molar-refractivity contribution < 1.29 is 28.2 Å². The first-order chi connectivity index (χ1) is 13.4. The number of aromatic amines is 1. The minimum absolute atomic E-state index is 0.0442. The van der Waals surface area contributed by atoms with Crippen LogP contribution in [-0.2, 0) is 0 Å². The lowest BCUT2D eigenvalue weighted by Crippen LogP contribution is -2.03. The first-order valence-electron chi connectivity index (χ1n) is 8.20. The largest absolute Gasteiger partial charge is 0.496 e. The van der Waals surface area contributed by atoms with Gasteiger partial charge in [0.1, 0.15) is 23.1 Å². The van der Waals surface area contributed by atoms with Crippen LogP contribution in [0.2, 0.25) is 0 Å². The van der Waals surface area contributed by atoms with Crippen molar-refractivity contribution in [1.29, 1.82) is 0 Å². The summed E-state index contributed by atoms with van der Waals surface area (Å²) in [5, 5.41) is 10.5. The maximum Gasteiger partial charge on any atom is 0.280 e. The maximum atomic E-state index is 13.8. The minimum Gasteiger partial charge on any atom is -0.496 e. The van der Waals surface area contributed by atoms with Crippen molar-refractivity contribution in [3.8, 4) is 28.6 Å². The fourth-order valence-corrected chi connectivity index (χ4v) is 3.28. The zero-order valence-corrected chi connectivity index (χ0v) is 14.8. The Hall–Kier alpha value is -3.68. The van der Waals surface area contributed by atoms with E-state index in [0.29, 0.717) is 5.75 Å². The van der Waals surface area contributed by atoms with E-state index in [2.05, 4.69) is 9.98 Å². The summed E-state index contributed by atoms with van der Waals surface area (Å²) in [5.41, 5.74) is 0.810. The number of benzene rings is 2. The van der Waals surface area contributed by atoms with E-state index in [0.717, 1.165) is 6.07 Å². The lowest BCUT2D eigenvalue weighted by Gasteiger charge is -2.08. The molecule has 6 nitrogen and oxygen atoms in total. The third-order valence-corrected chi connectivity index (χ3v) is 4.49. The highest BCUT2D eigenvalue weighted by Gasteiger charge is 2.35. The third kappa shape index (κ3) is 2.61. The van der Waals surface area contributed by atoms with Gasteiger partial charge in [0.25, 0.3) is 5.91 Å². The number of methoxy groups -OCH3 is 2. The van der Waals surface area contributed by atoms with Crippen molar-refractivity contribution in [1.82, 2.24) is 4.98 Å². The number of hydrogen-bond donors (Lipinski definition) is 2. The molecule has 0 atom stereocenters. The van der Waals surface area contributed by atoms with Crippen molar-refractivity contribution in [2.24, 2.45) is 4.99 Å². The predicted molar refractivity (Wildman–Crippen MR) is 97.3 cm³/mol. The number of ether oxygens (including phenoxy) is 2. The summed E-state index contributed by atoms with van der Waals surface area (Å²) < 4.78 is 38.1. The number of rotatable bonds is 4. The number of H-pyrrole nitrogens is 1. The molecule has 2 heterocycles. The summed E-state index contributed by atoms with van der Waals surface area (Å²) in [7, 11) is 2.80. The zero-order chi connectivity index (χ0) is 20.0. The van der Waals surface area contributed by atoms with E-state index in [1.165, 1.54) is 44.6 Å². The molecule has 28 heavy (non-hydrogen) atoms. The molecule has 142 valence electrons. The highest BCUT2D eigenvalue weighted by atomic mass is 19.1. The Labute approximate surface area is 158 Å². The number of nitrogens with one attached hydrogen (secondary N) is 1. The van der Waals surface area contributed by atoms with Crippen LogP contribution < -0.4 is 9.47 Å². The Bertz CT molecular complexity index is 1150. The monoisotopic (exact) mass is 384 g/mol. The molecule has 0 saturated heterocycles. The van der Waals surface area contributed by atoms with Gasteiger partial charge in [-0.1, -0.05) is 0 Å². The van der Waals surface area contributed by atoms with Crippen molar-refractivity contribution >= 4 is 11.6 Å². The first-order valence-corrected chi connectivity index (χ1v) is 8.20. The molecule has 0 aliphatic carbocycles. The van der Waals surface area contributed by atoms with E-state index >= 15 is 0 Å². The second-order valence-corrected chi connectivity index (χ2v) is 6.05. The van der Waals surface area contributed by atoms with Gasteiger partial charge in [0.15, 0.2) is 5.88 Å². The fourth-order valence-electron chi connectivity index (χ4n) is 3.28. The summed E-state index contributed by atoms with van der Waals surface area (Å²) in [4.78, 5) is 19.3. The van der Waals surface area contributed by atoms with Gasteiger partial charge < -0.3 is 19.6 Å². The van der Waals surface area contributed by atoms with E-state index in [-0.39, 0.29) is 45.3 Å². The quantitative estimate of drug-likeness (QED) is 0.719. The fraction of sp³-hybridized carbons (Fsp3) is 0.100. The predicted octanol–water partition coefficient (Wildman–Crippen LogP) is 3.67. The number of aromatic hydroxyl groups is 1. The summed E-state index contributed by atoms with van der Waals surface area (Å²) in [5.74, 6) is -1.53. The van der Waals surface area contributed by atoms with Crippen molar-refractivity contribution in [3.63, 3.8) is 0 Å². The Kier molecular flexibility index (Phi) is 4.11. The van der Waals surface area contributed by atoms with Crippen molar-refractivity contribution in [2.75, 3.05) is 14.2 Å². The van der Waals surface area contributed by atoms with E-state index in [1.54, 1.807) is 0 Å². The molecule has 4 rings (SSSR count). The van der Waals surface area contributed by atoms with Crippen LogP contribution in [0.15, 0.2) is 41.4 Å². The third-order valence-electron chi connectivity index (χ3n) is 4.49. The van der Waals surface area contributed by atoms with Crippen molar-refractivity contribution in [2.45, 2.75) is 0 Å². The van der Waals surface area contributed by atoms with Crippen molar-refractivity contribution in [3.05, 3.63) is 64.7 Å². The Balaban J connectivity index is 1.95. The molecule has 1 aliphatic rings. The van der Waals surface area contributed by atoms with Gasteiger partial charge in [-0.2, -0.15) is 0 Å². The highest BCUT2D eigenvalue weighted by Crippen LogP contribution is 2.42. The lowest BCUT2D eigenvalue weighted by atomic mass is 9.99. The van der Waals surface area contributed by atoms with Gasteiger partial charge in [0.2, 0.25) is 0 Å². The van der Waals surface area contributed by atoms with Crippen LogP contribution in [0.25, 0.3) is 11.3 Å². The Morgan fingerprint density at radius 2 is 1.50 bits per heavy atom. The molecule has 3 aromatic rings. The van der Waals surface area contributed by atoms with Crippen LogP contribution in [0.3, 0.4) is 0 Å². The number of fused-ring (bicyclic) bond motifs is 1. The SMILES string of the molecule is COc1ccc(F)cc1C1=NC(=O)c2c(-c3cc(F)ccc3OC)[nH]c(O)c21. The smallest absolute Gasteiger partial charge is 0.280 e. The van der Waals surface area contributed by atoms with Gasteiger partial charge in [-0.3, -0.25) is 4.79 Å². The molecule has 2 N–H and O–H groups in total. The normalized spacial score (nSPS) is 12.7. The highest BCUT2D eigenvalue weighted by molar-refractivity contribution is 6.31. The van der Waals surface area contributed by atoms with E-state index in [9.17, 15) is 18.7 Å². The van der Waals surface area contributed by atoms with Crippen LogP contribution in [0.5, 0.6) is 17.4 Å². The van der Waals surface area contributed by atoms with Gasteiger partial charge in [-0.25, -0.2) is 13.8 Å². The van der Waals surface area contributed by atoms with Gasteiger partial charge in [0.05, 0.1) is 36.8 Å². The van der Waals surface area contributed by atoms with E-state index in [4.69, 9.17) is 9.47 Å². The second kappa shape index (κ2) is 6.49. The second-order valence-electron chi connectivity index (χ2n) is 6.05. The molecule has 0 saturated carbocycles. The summed E-state index contributed by atoms with van der Waals surface area (Å²) in [6.07, 6.45) is 0. The summed E-state index contributed by atoms with van der Waals surface area (Å²) in [6.45, 7) is 0. The van der Waals surface area contributed by atoms with E-state index < -0.39 is 17.5 Å². The number of aliphatic imine (C=N–C) groups is 1. The molecule has 0 spiro atoms. The van der Waals surface area contributed by atoms with Gasteiger partial charge in [-0.15, -0.1) is 0 Å². The number of hydrogen-bond acceptors (Lipinski definition) is 4. The molecular formula is C20H14F2N2O4. The molecule has 0 fully saturated rings. The average Bonchev–Trinajstić information content (AvgIpc) is 3.20. The number of carbonyl (C=O) groups excluding carboxylic acids is 1. The molecule has 0 unspecified atom stereocenters. The molecule has 8 heteroatoms. The lowest BCUT2D eigenvalue weighted by molar-refractivity contribution is 0.101. The number of aromatic nitrogens is 1. The maximum absolute atomic E-state index is 13.8. The molecule has 0 bridgehead atoms. The van der Waals surface area contributed by atoms with Crippen LogP contribution in [-0.4, -0.2) is 35.9 Å². The zero-order valence-electron chi connectivity index (χ0n) is 14.8.